The number of hydrogen-bond donors (Lipinski definition) is 1. The molecule has 12 heavy (non-hydrogen) atoms. The van der Waals surface area contributed by atoms with Gasteiger partial charge in [0.1, 0.15) is 10.8 Å². The van der Waals surface area contributed by atoms with E-state index < -0.39 is 0 Å². The molecule has 3 heteroatoms. The summed E-state index contributed by atoms with van der Waals surface area (Å²) < 4.78 is 0. The molecule has 0 aliphatic rings. The van der Waals surface area contributed by atoms with E-state index in [-0.39, 0.29) is 10.8 Å². The minimum atomic E-state index is 0.0594. The quantitative estimate of drug-likeness (QED) is 0.742. The number of halogens is 2. The fourth-order valence-electron chi connectivity index (χ4n) is 1.12. The van der Waals surface area contributed by atoms with Gasteiger partial charge in [0.05, 0.1) is 5.02 Å². The van der Waals surface area contributed by atoms with E-state index in [1.54, 1.807) is 6.07 Å². The van der Waals surface area contributed by atoms with Gasteiger partial charge in [-0.05, 0) is 30.5 Å². The Kier molecular flexibility index (Phi) is 2.86. The van der Waals surface area contributed by atoms with Crippen LogP contribution in [0.4, 0.5) is 0 Å². The van der Waals surface area contributed by atoms with Gasteiger partial charge in [0, 0.05) is 0 Å². The van der Waals surface area contributed by atoms with Crippen LogP contribution in [-0.4, -0.2) is 5.11 Å². The van der Waals surface area contributed by atoms with Crippen LogP contribution in [0.25, 0.3) is 0 Å². The van der Waals surface area contributed by atoms with Crippen molar-refractivity contribution in [3.05, 3.63) is 27.2 Å². The van der Waals surface area contributed by atoms with Crippen LogP contribution in [0.1, 0.15) is 18.1 Å². The molecule has 0 unspecified atom stereocenters. The highest BCUT2D eigenvalue weighted by atomic mass is 35.5. The van der Waals surface area contributed by atoms with Crippen LogP contribution in [0.3, 0.4) is 0 Å². The third-order valence-electron chi connectivity index (χ3n) is 1.92. The molecule has 1 rings (SSSR count). The van der Waals surface area contributed by atoms with Crippen molar-refractivity contribution in [3.63, 3.8) is 0 Å². The minimum Gasteiger partial charge on any atom is -0.506 e. The number of benzene rings is 1. The van der Waals surface area contributed by atoms with E-state index in [9.17, 15) is 5.11 Å². The Morgan fingerprint density at radius 3 is 2.42 bits per heavy atom. The first kappa shape index (κ1) is 9.69. The molecule has 0 aromatic heterocycles. The van der Waals surface area contributed by atoms with Crippen molar-refractivity contribution >= 4 is 23.2 Å². The standard InChI is InChI=1S/C9H10Cl2O/c1-3-6-4-7(12)9(11)8(10)5(6)2/h4,12H,3H2,1-2H3. The van der Waals surface area contributed by atoms with Crippen LogP contribution in [0.5, 0.6) is 5.75 Å². The van der Waals surface area contributed by atoms with Crippen LogP contribution in [-0.2, 0) is 6.42 Å². The van der Waals surface area contributed by atoms with Crippen molar-refractivity contribution in [2.45, 2.75) is 20.3 Å². The molecule has 0 atom stereocenters. The smallest absolute Gasteiger partial charge is 0.135 e. The van der Waals surface area contributed by atoms with Crippen molar-refractivity contribution in [2.75, 3.05) is 0 Å². The third-order valence-corrected chi connectivity index (χ3v) is 2.87. The topological polar surface area (TPSA) is 20.2 Å². The molecule has 1 N–H and O–H groups in total. The fraction of sp³-hybridized carbons (Fsp3) is 0.333. The third kappa shape index (κ3) is 1.52. The number of phenolic OH excluding ortho intramolecular Hbond substituents is 1. The van der Waals surface area contributed by atoms with E-state index in [0.717, 1.165) is 17.5 Å². The number of aromatic hydroxyl groups is 1. The van der Waals surface area contributed by atoms with Gasteiger partial charge in [-0.25, -0.2) is 0 Å². The highest BCUT2D eigenvalue weighted by Crippen LogP contribution is 2.35. The maximum atomic E-state index is 9.32. The summed E-state index contributed by atoms with van der Waals surface area (Å²) in [7, 11) is 0. The molecule has 1 aromatic rings. The highest BCUT2D eigenvalue weighted by Gasteiger charge is 2.10. The minimum absolute atomic E-state index is 0.0594. The van der Waals surface area contributed by atoms with Gasteiger partial charge in [-0.2, -0.15) is 0 Å². The SMILES string of the molecule is CCc1cc(O)c(Cl)c(Cl)c1C. The van der Waals surface area contributed by atoms with Crippen molar-refractivity contribution in [2.24, 2.45) is 0 Å². The number of phenols is 1. The van der Waals surface area contributed by atoms with E-state index >= 15 is 0 Å². The van der Waals surface area contributed by atoms with Crippen molar-refractivity contribution in [3.8, 4) is 5.75 Å². The number of aryl methyl sites for hydroxylation is 1. The summed E-state index contributed by atoms with van der Waals surface area (Å²) in [6.07, 6.45) is 0.844. The molecule has 0 bridgehead atoms. The predicted molar refractivity (Wildman–Crippen MR) is 52.2 cm³/mol. The average molecular weight is 205 g/mol. The second-order valence-corrected chi connectivity index (χ2v) is 3.42. The van der Waals surface area contributed by atoms with Crippen LogP contribution in [0, 0.1) is 6.92 Å². The largest absolute Gasteiger partial charge is 0.506 e. The van der Waals surface area contributed by atoms with Crippen LogP contribution in [0.2, 0.25) is 10.0 Å². The van der Waals surface area contributed by atoms with E-state index in [2.05, 4.69) is 0 Å². The van der Waals surface area contributed by atoms with Gasteiger partial charge in [0.25, 0.3) is 0 Å². The first-order chi connectivity index (χ1) is 5.57. The number of rotatable bonds is 1. The summed E-state index contributed by atoms with van der Waals surface area (Å²) in [4.78, 5) is 0. The number of hydrogen-bond acceptors (Lipinski definition) is 1. The first-order valence-electron chi connectivity index (χ1n) is 3.74. The molecule has 0 saturated heterocycles. The van der Waals surface area contributed by atoms with Gasteiger partial charge in [-0.15, -0.1) is 0 Å². The van der Waals surface area contributed by atoms with Gasteiger partial charge in [0.2, 0.25) is 0 Å². The summed E-state index contributed by atoms with van der Waals surface area (Å²) in [5.74, 6) is 0.0594. The molecule has 0 saturated carbocycles. The van der Waals surface area contributed by atoms with E-state index in [1.807, 2.05) is 13.8 Å². The molecule has 0 amide bonds. The molecular weight excluding hydrogens is 195 g/mol. The Hall–Kier alpha value is -0.400. The van der Waals surface area contributed by atoms with Gasteiger partial charge >= 0.3 is 0 Å². The first-order valence-corrected chi connectivity index (χ1v) is 4.50. The summed E-state index contributed by atoms with van der Waals surface area (Å²) in [6.45, 7) is 3.90. The van der Waals surface area contributed by atoms with E-state index in [4.69, 9.17) is 23.2 Å². The Bertz CT molecular complexity index is 308. The molecule has 0 spiro atoms. The normalized spacial score (nSPS) is 10.3. The lowest BCUT2D eigenvalue weighted by atomic mass is 10.1. The Labute approximate surface area is 81.9 Å². The zero-order chi connectivity index (χ0) is 9.30. The van der Waals surface area contributed by atoms with E-state index in [0.29, 0.717) is 5.02 Å². The second-order valence-electron chi connectivity index (χ2n) is 2.66. The molecule has 66 valence electrons. The molecule has 1 aromatic carbocycles. The van der Waals surface area contributed by atoms with Crippen molar-refractivity contribution in [1.82, 2.24) is 0 Å². The predicted octanol–water partition coefficient (Wildman–Crippen LogP) is 3.57. The molecule has 0 heterocycles. The van der Waals surface area contributed by atoms with Crippen LogP contribution in [0.15, 0.2) is 6.07 Å². The summed E-state index contributed by atoms with van der Waals surface area (Å²) in [6, 6.07) is 1.66. The lowest BCUT2D eigenvalue weighted by Crippen LogP contribution is -1.88. The van der Waals surface area contributed by atoms with Gasteiger partial charge in [-0.3, -0.25) is 0 Å². The Morgan fingerprint density at radius 1 is 1.33 bits per heavy atom. The zero-order valence-electron chi connectivity index (χ0n) is 6.99. The molecule has 1 nitrogen and oxygen atoms in total. The molecular formula is C9H10Cl2O. The van der Waals surface area contributed by atoms with Crippen molar-refractivity contribution in [1.29, 1.82) is 0 Å². The monoisotopic (exact) mass is 204 g/mol. The van der Waals surface area contributed by atoms with Gasteiger partial charge < -0.3 is 5.11 Å². The zero-order valence-corrected chi connectivity index (χ0v) is 8.50. The Balaban J connectivity index is 3.39. The summed E-state index contributed by atoms with van der Waals surface area (Å²) >= 11 is 11.6. The fourth-order valence-corrected chi connectivity index (χ4v) is 1.54. The lowest BCUT2D eigenvalue weighted by molar-refractivity contribution is 0.474. The summed E-state index contributed by atoms with van der Waals surface area (Å²) in [5, 5.41) is 10.0. The highest BCUT2D eigenvalue weighted by molar-refractivity contribution is 6.43. The van der Waals surface area contributed by atoms with Crippen LogP contribution < -0.4 is 0 Å². The molecule has 0 fully saturated rings. The average Bonchev–Trinajstić information content (AvgIpc) is 2.08. The molecule has 0 radical (unpaired) electrons. The van der Waals surface area contributed by atoms with E-state index in [1.165, 1.54) is 0 Å². The lowest BCUT2D eigenvalue weighted by Gasteiger charge is -2.08. The second kappa shape index (κ2) is 3.55. The van der Waals surface area contributed by atoms with Crippen molar-refractivity contribution < 1.29 is 5.11 Å². The molecule has 0 aliphatic carbocycles. The maximum Gasteiger partial charge on any atom is 0.135 e. The maximum absolute atomic E-state index is 9.32. The Morgan fingerprint density at radius 2 is 1.92 bits per heavy atom. The van der Waals surface area contributed by atoms with Gasteiger partial charge in [0.15, 0.2) is 0 Å². The van der Waals surface area contributed by atoms with Gasteiger partial charge in [-0.1, -0.05) is 30.1 Å². The molecule has 0 aliphatic heterocycles. The van der Waals surface area contributed by atoms with Crippen LogP contribution >= 0.6 is 23.2 Å². The summed E-state index contributed by atoms with van der Waals surface area (Å²) in [5.41, 5.74) is 1.98.